The average molecular weight is 422 g/mol. The minimum Gasteiger partial charge on any atom is -0.411 e. The zero-order valence-electron chi connectivity index (χ0n) is 17.0. The van der Waals surface area contributed by atoms with E-state index in [9.17, 15) is 10.1 Å². The number of hydrogen-bond acceptors (Lipinski definition) is 6. The van der Waals surface area contributed by atoms with Crippen molar-refractivity contribution in [2.75, 3.05) is 11.1 Å². The van der Waals surface area contributed by atoms with Crippen LogP contribution in [0.4, 0.5) is 5.82 Å². The highest BCUT2D eigenvalue weighted by molar-refractivity contribution is 7.99. The van der Waals surface area contributed by atoms with Crippen molar-refractivity contribution in [2.24, 2.45) is 0 Å². The number of carbonyl (C=O) groups is 1. The summed E-state index contributed by atoms with van der Waals surface area (Å²) in [4.78, 5) is 12.7. The van der Waals surface area contributed by atoms with Gasteiger partial charge in [-0.1, -0.05) is 42.8 Å². The number of nitrogens with one attached hydrogen (secondary N) is 1. The lowest BCUT2D eigenvalue weighted by Crippen LogP contribution is -2.19. The molecule has 1 amide bonds. The third kappa shape index (κ3) is 3.98. The quantitative estimate of drug-likeness (QED) is 0.570. The van der Waals surface area contributed by atoms with Crippen LogP contribution >= 0.6 is 11.8 Å². The van der Waals surface area contributed by atoms with Crippen LogP contribution in [0.25, 0.3) is 11.5 Å². The number of nitriles is 1. The Bertz CT molecular complexity index is 1090. The fourth-order valence-corrected chi connectivity index (χ4v) is 4.53. The van der Waals surface area contributed by atoms with Crippen LogP contribution in [0.3, 0.4) is 0 Å². The van der Waals surface area contributed by atoms with Crippen LogP contribution in [0, 0.1) is 25.2 Å². The molecule has 1 N–H and O–H groups in total. The molecule has 1 fully saturated rings. The molecule has 0 saturated heterocycles. The highest BCUT2D eigenvalue weighted by atomic mass is 32.2. The van der Waals surface area contributed by atoms with Gasteiger partial charge in [0.25, 0.3) is 5.22 Å². The monoisotopic (exact) mass is 421 g/mol. The fourth-order valence-electron chi connectivity index (χ4n) is 3.97. The van der Waals surface area contributed by atoms with Crippen molar-refractivity contribution in [3.63, 3.8) is 0 Å². The summed E-state index contributed by atoms with van der Waals surface area (Å²) in [7, 11) is 0. The summed E-state index contributed by atoms with van der Waals surface area (Å²) < 4.78 is 7.79. The van der Waals surface area contributed by atoms with Gasteiger partial charge < -0.3 is 14.3 Å². The van der Waals surface area contributed by atoms with E-state index in [4.69, 9.17) is 4.42 Å². The molecule has 4 rings (SSSR count). The van der Waals surface area contributed by atoms with Crippen LogP contribution < -0.4 is 5.32 Å². The SMILES string of the molecule is Cc1c(C#N)c(NC(=O)CSc2nnc(-c3ccccc3)o2)n(C2CCCC2)c1C. The molecule has 7 nitrogen and oxygen atoms in total. The lowest BCUT2D eigenvalue weighted by molar-refractivity contribution is -0.113. The first-order valence-corrected chi connectivity index (χ1v) is 11.0. The molecule has 0 unspecified atom stereocenters. The van der Waals surface area contributed by atoms with Crippen LogP contribution in [0.1, 0.15) is 48.5 Å². The number of nitrogens with zero attached hydrogens (tertiary/aromatic N) is 4. The Labute approximate surface area is 179 Å². The van der Waals surface area contributed by atoms with E-state index < -0.39 is 0 Å². The van der Waals surface area contributed by atoms with Crippen molar-refractivity contribution in [1.82, 2.24) is 14.8 Å². The van der Waals surface area contributed by atoms with E-state index in [1.54, 1.807) is 0 Å². The number of hydrogen-bond donors (Lipinski definition) is 1. The second-order valence-corrected chi connectivity index (χ2v) is 8.36. The molecule has 0 radical (unpaired) electrons. The summed E-state index contributed by atoms with van der Waals surface area (Å²) in [6, 6.07) is 12.1. The molecule has 2 heterocycles. The van der Waals surface area contributed by atoms with Crippen molar-refractivity contribution in [3.8, 4) is 17.5 Å². The highest BCUT2D eigenvalue weighted by Crippen LogP contribution is 2.37. The maximum absolute atomic E-state index is 12.7. The number of aromatic nitrogens is 3. The van der Waals surface area contributed by atoms with Gasteiger partial charge in [0.05, 0.1) is 11.3 Å². The second-order valence-electron chi connectivity index (χ2n) is 7.43. The van der Waals surface area contributed by atoms with Gasteiger partial charge in [0.2, 0.25) is 11.8 Å². The Kier molecular flexibility index (Phi) is 5.91. The molecule has 0 atom stereocenters. The maximum atomic E-state index is 12.7. The second kappa shape index (κ2) is 8.76. The van der Waals surface area contributed by atoms with Crippen LogP contribution in [0.2, 0.25) is 0 Å². The van der Waals surface area contributed by atoms with Gasteiger partial charge >= 0.3 is 0 Å². The topological polar surface area (TPSA) is 96.7 Å². The van der Waals surface area contributed by atoms with E-state index in [0.717, 1.165) is 29.7 Å². The summed E-state index contributed by atoms with van der Waals surface area (Å²) in [5.41, 5.74) is 3.35. The summed E-state index contributed by atoms with van der Waals surface area (Å²) in [6.45, 7) is 3.95. The molecule has 2 aromatic heterocycles. The Morgan fingerprint density at radius 2 is 2.00 bits per heavy atom. The molecule has 154 valence electrons. The summed E-state index contributed by atoms with van der Waals surface area (Å²) in [6.07, 6.45) is 4.49. The van der Waals surface area contributed by atoms with E-state index in [0.29, 0.717) is 28.5 Å². The Balaban J connectivity index is 1.46. The standard InChI is InChI=1S/C22H23N5O2S/c1-14-15(2)27(17-10-6-7-11-17)20(18(14)12-23)24-19(28)13-30-22-26-25-21(29-22)16-8-4-3-5-9-16/h3-5,8-9,17H,6-7,10-11,13H2,1-2H3,(H,24,28). The molecular formula is C22H23N5O2S. The zero-order chi connectivity index (χ0) is 21.1. The number of anilines is 1. The number of thioether (sulfide) groups is 1. The Hall–Kier alpha value is -3.05. The third-order valence-electron chi connectivity index (χ3n) is 5.57. The lowest BCUT2D eigenvalue weighted by Gasteiger charge is -2.19. The molecule has 1 saturated carbocycles. The van der Waals surface area contributed by atoms with Gasteiger partial charge in [-0.25, -0.2) is 0 Å². The van der Waals surface area contributed by atoms with Crippen molar-refractivity contribution < 1.29 is 9.21 Å². The molecule has 0 aliphatic heterocycles. The first-order chi connectivity index (χ1) is 14.6. The number of rotatable bonds is 6. The minimum absolute atomic E-state index is 0.120. The van der Waals surface area contributed by atoms with E-state index in [2.05, 4.69) is 26.2 Å². The van der Waals surface area contributed by atoms with Gasteiger partial charge in [-0.15, -0.1) is 10.2 Å². The van der Waals surface area contributed by atoms with E-state index in [1.165, 1.54) is 24.6 Å². The van der Waals surface area contributed by atoms with Gasteiger partial charge in [0.1, 0.15) is 11.9 Å². The molecule has 30 heavy (non-hydrogen) atoms. The third-order valence-corrected chi connectivity index (χ3v) is 6.39. The Morgan fingerprint density at radius 3 is 2.70 bits per heavy atom. The summed E-state index contributed by atoms with van der Waals surface area (Å²) in [5, 5.41) is 21.0. The molecule has 0 spiro atoms. The molecule has 8 heteroatoms. The molecule has 1 aliphatic carbocycles. The molecule has 1 aliphatic rings. The van der Waals surface area contributed by atoms with Crippen molar-refractivity contribution >= 4 is 23.5 Å². The van der Waals surface area contributed by atoms with Gasteiger partial charge in [-0.05, 0) is 44.4 Å². The number of amides is 1. The van der Waals surface area contributed by atoms with Crippen molar-refractivity contribution in [3.05, 3.63) is 47.2 Å². The normalized spacial score (nSPS) is 14.0. The fraction of sp³-hybridized carbons (Fsp3) is 0.364. The van der Waals surface area contributed by atoms with E-state index in [-0.39, 0.29) is 11.7 Å². The van der Waals surface area contributed by atoms with Gasteiger partial charge in [0.15, 0.2) is 0 Å². The largest absolute Gasteiger partial charge is 0.411 e. The van der Waals surface area contributed by atoms with Gasteiger partial charge in [0, 0.05) is 17.3 Å². The molecule has 1 aromatic carbocycles. The zero-order valence-corrected chi connectivity index (χ0v) is 17.8. The minimum atomic E-state index is -0.201. The van der Waals surface area contributed by atoms with E-state index >= 15 is 0 Å². The van der Waals surface area contributed by atoms with Crippen molar-refractivity contribution in [2.45, 2.75) is 50.8 Å². The van der Waals surface area contributed by atoms with E-state index in [1.807, 2.05) is 44.2 Å². The highest BCUT2D eigenvalue weighted by Gasteiger charge is 2.26. The predicted molar refractivity (Wildman–Crippen MR) is 115 cm³/mol. The molecule has 0 bridgehead atoms. The summed E-state index contributed by atoms with van der Waals surface area (Å²) in [5.74, 6) is 0.953. The van der Waals surface area contributed by atoms with Gasteiger partial charge in [-0.2, -0.15) is 5.26 Å². The lowest BCUT2D eigenvalue weighted by atomic mass is 10.2. The summed E-state index contributed by atoms with van der Waals surface area (Å²) >= 11 is 1.18. The van der Waals surface area contributed by atoms with Crippen LogP contribution in [-0.2, 0) is 4.79 Å². The first kappa shape index (κ1) is 20.2. The smallest absolute Gasteiger partial charge is 0.277 e. The van der Waals surface area contributed by atoms with Crippen LogP contribution in [0.15, 0.2) is 40.0 Å². The number of benzene rings is 1. The van der Waals surface area contributed by atoms with Crippen LogP contribution in [-0.4, -0.2) is 26.4 Å². The van der Waals surface area contributed by atoms with Gasteiger partial charge in [-0.3, -0.25) is 4.79 Å². The Morgan fingerprint density at radius 1 is 1.27 bits per heavy atom. The first-order valence-electron chi connectivity index (χ1n) is 10.0. The molecule has 3 aromatic rings. The van der Waals surface area contributed by atoms with Crippen LogP contribution in [0.5, 0.6) is 0 Å². The predicted octanol–water partition coefficient (Wildman–Crippen LogP) is 4.87. The maximum Gasteiger partial charge on any atom is 0.277 e. The molecular weight excluding hydrogens is 398 g/mol. The average Bonchev–Trinajstić information content (AvgIpc) is 3.49. The number of carbonyl (C=O) groups excluding carboxylic acids is 1. The van der Waals surface area contributed by atoms with Crippen molar-refractivity contribution in [1.29, 1.82) is 5.26 Å².